The van der Waals surface area contributed by atoms with Crippen LogP contribution in [-0.4, -0.2) is 54.3 Å². The van der Waals surface area contributed by atoms with Crippen LogP contribution >= 0.6 is 0 Å². The standard InChI is InChI=1S/C31H47N3O/c1-11-29-24(5)21-25(6)33(9)30(26(7)22(2)3)32(8)19-15-13-12-14-16-27-18-17-23(4)20-28(27)31(35)34(29)10/h17-18,20-21,29H,2,5,11-16,19H2,1,3-4,6-10H3/b25-21-,30-26-. The molecule has 1 aromatic rings. The number of carbonyl (C=O) groups is 1. The van der Waals surface area contributed by atoms with Crippen LogP contribution in [0.2, 0.25) is 0 Å². The molecule has 2 rings (SSSR count). The summed E-state index contributed by atoms with van der Waals surface area (Å²) in [6.07, 6.45) is 8.43. The first-order chi connectivity index (χ1) is 16.5. The molecule has 0 bridgehead atoms. The predicted molar refractivity (Wildman–Crippen MR) is 150 cm³/mol. The van der Waals surface area contributed by atoms with Gasteiger partial charge in [-0.3, -0.25) is 4.79 Å². The van der Waals surface area contributed by atoms with E-state index in [9.17, 15) is 4.79 Å². The molecule has 1 aliphatic rings. The maximum atomic E-state index is 13.7. The zero-order chi connectivity index (χ0) is 26.3. The number of fused-ring (bicyclic) bond motifs is 1. The van der Waals surface area contributed by atoms with Gasteiger partial charge in [-0.25, -0.2) is 0 Å². The molecule has 1 aromatic carbocycles. The lowest BCUT2D eigenvalue weighted by Gasteiger charge is -2.34. The highest BCUT2D eigenvalue weighted by Gasteiger charge is 2.24. The summed E-state index contributed by atoms with van der Waals surface area (Å²) >= 11 is 0. The van der Waals surface area contributed by atoms with Crippen molar-refractivity contribution >= 4 is 5.91 Å². The van der Waals surface area contributed by atoms with Crippen LogP contribution in [0.25, 0.3) is 0 Å². The molecule has 192 valence electrons. The highest BCUT2D eigenvalue weighted by Crippen LogP contribution is 2.26. The number of nitrogens with zero attached hydrogens (tertiary/aromatic N) is 3. The fraction of sp³-hybridized carbons (Fsp3) is 0.516. The molecular formula is C31H47N3O. The van der Waals surface area contributed by atoms with Gasteiger partial charge >= 0.3 is 0 Å². The predicted octanol–water partition coefficient (Wildman–Crippen LogP) is 7.09. The van der Waals surface area contributed by atoms with Crippen LogP contribution in [0.3, 0.4) is 0 Å². The van der Waals surface area contributed by atoms with Gasteiger partial charge in [0.15, 0.2) is 0 Å². The third-order valence-corrected chi connectivity index (χ3v) is 7.37. The zero-order valence-corrected chi connectivity index (χ0v) is 23.5. The van der Waals surface area contributed by atoms with Gasteiger partial charge in [-0.1, -0.05) is 56.2 Å². The quantitative estimate of drug-likeness (QED) is 0.455. The Bertz CT molecular complexity index is 1000. The molecule has 0 N–H and O–H groups in total. The van der Waals surface area contributed by atoms with Gasteiger partial charge in [0.1, 0.15) is 5.82 Å². The smallest absolute Gasteiger partial charge is 0.254 e. The van der Waals surface area contributed by atoms with Crippen molar-refractivity contribution in [3.05, 3.63) is 82.4 Å². The van der Waals surface area contributed by atoms with Gasteiger partial charge in [0.25, 0.3) is 5.91 Å². The van der Waals surface area contributed by atoms with Gasteiger partial charge in [0, 0.05) is 38.9 Å². The average Bonchev–Trinajstić information content (AvgIpc) is 2.81. The van der Waals surface area contributed by atoms with Crippen molar-refractivity contribution in [3.63, 3.8) is 0 Å². The Labute approximate surface area is 214 Å². The van der Waals surface area contributed by atoms with Crippen molar-refractivity contribution in [1.82, 2.24) is 14.7 Å². The fourth-order valence-electron chi connectivity index (χ4n) is 4.96. The van der Waals surface area contributed by atoms with E-state index in [1.165, 1.54) is 17.8 Å². The van der Waals surface area contributed by atoms with Gasteiger partial charge < -0.3 is 14.7 Å². The molecule has 0 saturated heterocycles. The topological polar surface area (TPSA) is 26.8 Å². The monoisotopic (exact) mass is 477 g/mol. The maximum absolute atomic E-state index is 13.7. The Morgan fingerprint density at radius 2 is 1.71 bits per heavy atom. The van der Waals surface area contributed by atoms with E-state index < -0.39 is 0 Å². The van der Waals surface area contributed by atoms with Crippen molar-refractivity contribution in [3.8, 4) is 0 Å². The molecule has 0 aromatic heterocycles. The largest absolute Gasteiger partial charge is 0.361 e. The first kappa shape index (κ1) is 28.5. The first-order valence-corrected chi connectivity index (χ1v) is 13.0. The number of carbonyl (C=O) groups excluding carboxylic acids is 1. The Hall–Kier alpha value is -2.75. The van der Waals surface area contributed by atoms with E-state index in [1.54, 1.807) is 0 Å². The van der Waals surface area contributed by atoms with Gasteiger partial charge in [-0.05, 0) is 82.2 Å². The lowest BCUT2D eigenvalue weighted by atomic mass is 9.96. The van der Waals surface area contributed by atoms with E-state index in [2.05, 4.69) is 95.9 Å². The minimum atomic E-state index is -0.0673. The minimum Gasteiger partial charge on any atom is -0.361 e. The Balaban J connectivity index is 2.53. The third-order valence-electron chi connectivity index (χ3n) is 7.37. The van der Waals surface area contributed by atoms with Crippen molar-refractivity contribution in [1.29, 1.82) is 0 Å². The molecule has 1 heterocycles. The lowest BCUT2D eigenvalue weighted by molar-refractivity contribution is 0.0751. The molecular weight excluding hydrogens is 430 g/mol. The molecule has 0 radical (unpaired) electrons. The number of hydrogen-bond donors (Lipinski definition) is 0. The van der Waals surface area contributed by atoms with Crippen LogP contribution < -0.4 is 0 Å². The normalized spacial score (nSPS) is 22.3. The summed E-state index contributed by atoms with van der Waals surface area (Å²) in [5.74, 6) is 1.25. The van der Waals surface area contributed by atoms with E-state index in [-0.39, 0.29) is 11.9 Å². The van der Waals surface area contributed by atoms with Crippen LogP contribution in [0.5, 0.6) is 0 Å². The fourth-order valence-corrected chi connectivity index (χ4v) is 4.96. The van der Waals surface area contributed by atoms with E-state index in [1.807, 2.05) is 11.9 Å². The molecule has 0 fully saturated rings. The molecule has 35 heavy (non-hydrogen) atoms. The van der Waals surface area contributed by atoms with Crippen molar-refractivity contribution < 1.29 is 4.79 Å². The number of aryl methyl sites for hydroxylation is 2. The van der Waals surface area contributed by atoms with Crippen LogP contribution in [0.4, 0.5) is 0 Å². The molecule has 0 aliphatic carbocycles. The molecule has 0 saturated carbocycles. The maximum Gasteiger partial charge on any atom is 0.254 e. The van der Waals surface area contributed by atoms with Gasteiger partial charge in [-0.15, -0.1) is 0 Å². The van der Waals surface area contributed by atoms with Crippen LogP contribution in [0.15, 0.2) is 65.7 Å². The van der Waals surface area contributed by atoms with Crippen molar-refractivity contribution in [2.24, 2.45) is 0 Å². The summed E-state index contributed by atoms with van der Waals surface area (Å²) in [7, 11) is 6.20. The Kier molecular flexibility index (Phi) is 10.4. The van der Waals surface area contributed by atoms with Crippen LogP contribution in [-0.2, 0) is 6.42 Å². The summed E-state index contributed by atoms with van der Waals surface area (Å²) in [5, 5.41) is 0. The third kappa shape index (κ3) is 7.13. The number of allylic oxidation sites excluding steroid dienone is 3. The number of hydrogen-bond acceptors (Lipinski definition) is 3. The second-order valence-corrected chi connectivity index (χ2v) is 10.2. The molecule has 4 nitrogen and oxygen atoms in total. The second-order valence-electron chi connectivity index (χ2n) is 10.2. The van der Waals surface area contributed by atoms with E-state index >= 15 is 0 Å². The Morgan fingerprint density at radius 3 is 2.34 bits per heavy atom. The van der Waals surface area contributed by atoms with Crippen LogP contribution in [0.1, 0.15) is 81.3 Å². The van der Waals surface area contributed by atoms with Crippen molar-refractivity contribution in [2.75, 3.05) is 27.7 Å². The van der Waals surface area contributed by atoms with Gasteiger partial charge in [0.2, 0.25) is 0 Å². The minimum absolute atomic E-state index is 0.0673. The lowest BCUT2D eigenvalue weighted by Crippen LogP contribution is -2.38. The number of rotatable bonds is 2. The number of amides is 1. The highest BCUT2D eigenvalue weighted by atomic mass is 16.2. The first-order valence-electron chi connectivity index (χ1n) is 13.0. The summed E-state index contributed by atoms with van der Waals surface area (Å²) in [4.78, 5) is 20.2. The summed E-state index contributed by atoms with van der Waals surface area (Å²) < 4.78 is 0. The molecule has 1 amide bonds. The summed E-state index contributed by atoms with van der Waals surface area (Å²) in [6.45, 7) is 20.1. The molecule has 0 spiro atoms. The second kappa shape index (κ2) is 12.8. The van der Waals surface area contributed by atoms with E-state index in [0.717, 1.165) is 72.2 Å². The van der Waals surface area contributed by atoms with Gasteiger partial charge in [-0.2, -0.15) is 0 Å². The Morgan fingerprint density at radius 1 is 1.06 bits per heavy atom. The number of likely N-dealkylation sites (N-methyl/N-ethyl adjacent to an activating group) is 1. The summed E-state index contributed by atoms with van der Waals surface area (Å²) in [6, 6.07) is 6.26. The van der Waals surface area contributed by atoms with Gasteiger partial charge in [0.05, 0.1) is 6.04 Å². The van der Waals surface area contributed by atoms with E-state index in [0.29, 0.717) is 0 Å². The number of benzene rings is 1. The van der Waals surface area contributed by atoms with E-state index in [4.69, 9.17) is 0 Å². The zero-order valence-electron chi connectivity index (χ0n) is 23.5. The average molecular weight is 478 g/mol. The van der Waals surface area contributed by atoms with Crippen LogP contribution in [0, 0.1) is 6.92 Å². The highest BCUT2D eigenvalue weighted by molar-refractivity contribution is 5.96. The SMILES string of the molecule is C=C(C)/C(C)=C1/N(C)CCCCCCc2ccc(C)cc2C(=O)N(C)C(CC)C(=C)/C=C(/C)N1C. The van der Waals surface area contributed by atoms with Crippen molar-refractivity contribution in [2.45, 2.75) is 79.2 Å². The summed E-state index contributed by atoms with van der Waals surface area (Å²) in [5.41, 5.74) is 7.41. The molecule has 4 heteroatoms. The molecule has 1 aliphatic heterocycles. The molecule has 1 unspecified atom stereocenters. The molecule has 1 atom stereocenters.